The van der Waals surface area contributed by atoms with Gasteiger partial charge < -0.3 is 14.6 Å². The van der Waals surface area contributed by atoms with Crippen LogP contribution in [0.1, 0.15) is 37.0 Å². The molecule has 1 aromatic heterocycles. The van der Waals surface area contributed by atoms with Crippen LogP contribution in [0.5, 0.6) is 0 Å². The Balaban J connectivity index is 1.58. The van der Waals surface area contributed by atoms with E-state index in [2.05, 4.69) is 10.2 Å². The molecule has 2 heterocycles. The molecule has 0 bridgehead atoms. The van der Waals surface area contributed by atoms with Gasteiger partial charge in [-0.2, -0.15) is 0 Å². The fourth-order valence-corrected chi connectivity index (χ4v) is 3.20. The van der Waals surface area contributed by atoms with Crippen LogP contribution in [0.3, 0.4) is 0 Å². The molecule has 0 atom stereocenters. The normalized spacial score (nSPS) is 15.9. The quantitative estimate of drug-likeness (QED) is 0.617. The zero-order chi connectivity index (χ0) is 17.3. The number of hydrogen-bond acceptors (Lipinski definition) is 3. The van der Waals surface area contributed by atoms with Crippen LogP contribution >= 0.6 is 0 Å². The van der Waals surface area contributed by atoms with Crippen LogP contribution in [0, 0.1) is 0 Å². The van der Waals surface area contributed by atoms with Crippen molar-refractivity contribution in [3.8, 4) is 0 Å². The van der Waals surface area contributed by atoms with Crippen molar-refractivity contribution in [2.24, 2.45) is 0 Å². The standard InChI is InChI=1S/C21H26N2O2/c24-21(22-12-8-15-23-13-5-2-6-14-23)20(17-19-11-7-16-25-19)18-9-3-1-4-10-18/h1,3-4,7,9-11,16-17H,2,5-6,8,12-15H2,(H,22,24)/b20-17+. The summed E-state index contributed by atoms with van der Waals surface area (Å²) in [6.45, 7) is 4.14. The van der Waals surface area contributed by atoms with Crippen molar-refractivity contribution in [3.63, 3.8) is 0 Å². The molecule has 0 aliphatic carbocycles. The minimum absolute atomic E-state index is 0.0544. The van der Waals surface area contributed by atoms with Gasteiger partial charge in [0.05, 0.1) is 11.8 Å². The number of benzene rings is 1. The van der Waals surface area contributed by atoms with Crippen LogP contribution < -0.4 is 5.32 Å². The van der Waals surface area contributed by atoms with Gasteiger partial charge in [-0.25, -0.2) is 0 Å². The number of furan rings is 1. The molecule has 2 aromatic rings. The maximum atomic E-state index is 12.7. The minimum Gasteiger partial charge on any atom is -0.465 e. The number of piperidine rings is 1. The minimum atomic E-state index is -0.0544. The number of carbonyl (C=O) groups is 1. The van der Waals surface area contributed by atoms with Gasteiger partial charge in [-0.3, -0.25) is 4.79 Å². The van der Waals surface area contributed by atoms with E-state index < -0.39 is 0 Å². The maximum Gasteiger partial charge on any atom is 0.252 e. The van der Waals surface area contributed by atoms with Crippen molar-refractivity contribution in [1.29, 1.82) is 0 Å². The van der Waals surface area contributed by atoms with Crippen molar-refractivity contribution < 1.29 is 9.21 Å². The average Bonchev–Trinajstić information content (AvgIpc) is 3.18. The van der Waals surface area contributed by atoms with E-state index >= 15 is 0 Å². The number of nitrogens with zero attached hydrogens (tertiary/aromatic N) is 1. The highest BCUT2D eigenvalue weighted by Crippen LogP contribution is 2.19. The number of likely N-dealkylation sites (tertiary alicyclic amines) is 1. The highest BCUT2D eigenvalue weighted by atomic mass is 16.3. The first kappa shape index (κ1) is 17.5. The van der Waals surface area contributed by atoms with Gasteiger partial charge >= 0.3 is 0 Å². The number of nitrogens with one attached hydrogen (secondary N) is 1. The molecule has 1 fully saturated rings. The average molecular weight is 338 g/mol. The van der Waals surface area contributed by atoms with Crippen LogP contribution in [-0.4, -0.2) is 37.0 Å². The topological polar surface area (TPSA) is 45.5 Å². The van der Waals surface area contributed by atoms with Crippen molar-refractivity contribution in [2.75, 3.05) is 26.2 Å². The Morgan fingerprint density at radius 1 is 1.08 bits per heavy atom. The van der Waals surface area contributed by atoms with E-state index in [1.54, 1.807) is 12.3 Å². The summed E-state index contributed by atoms with van der Waals surface area (Å²) < 4.78 is 5.38. The first-order valence-corrected chi connectivity index (χ1v) is 9.14. The highest BCUT2D eigenvalue weighted by molar-refractivity contribution is 6.24. The zero-order valence-corrected chi connectivity index (χ0v) is 14.6. The van der Waals surface area contributed by atoms with E-state index in [1.165, 1.54) is 32.4 Å². The molecule has 1 aliphatic rings. The van der Waals surface area contributed by atoms with Crippen molar-refractivity contribution in [1.82, 2.24) is 10.2 Å². The number of hydrogen-bond donors (Lipinski definition) is 1. The fourth-order valence-electron chi connectivity index (χ4n) is 3.20. The first-order valence-electron chi connectivity index (χ1n) is 9.14. The number of carbonyl (C=O) groups excluding carboxylic acids is 1. The van der Waals surface area contributed by atoms with E-state index in [0.29, 0.717) is 17.9 Å². The summed E-state index contributed by atoms with van der Waals surface area (Å²) >= 11 is 0. The van der Waals surface area contributed by atoms with Crippen LogP contribution in [-0.2, 0) is 4.79 Å². The lowest BCUT2D eigenvalue weighted by molar-refractivity contribution is -0.115. The van der Waals surface area contributed by atoms with Crippen molar-refractivity contribution in [2.45, 2.75) is 25.7 Å². The predicted molar refractivity (Wildman–Crippen MR) is 101 cm³/mol. The molecule has 1 aromatic carbocycles. The highest BCUT2D eigenvalue weighted by Gasteiger charge is 2.13. The molecule has 0 radical (unpaired) electrons. The number of rotatable bonds is 7. The predicted octanol–water partition coefficient (Wildman–Crippen LogP) is 3.81. The molecule has 1 saturated heterocycles. The monoisotopic (exact) mass is 338 g/mol. The second kappa shape index (κ2) is 9.23. The molecular formula is C21H26N2O2. The first-order chi connectivity index (χ1) is 12.3. The Kier molecular flexibility index (Phi) is 6.46. The Labute approximate surface area is 149 Å². The van der Waals surface area contributed by atoms with E-state index in [1.807, 2.05) is 42.5 Å². The van der Waals surface area contributed by atoms with Crippen molar-refractivity contribution >= 4 is 17.6 Å². The van der Waals surface area contributed by atoms with E-state index in [0.717, 1.165) is 18.5 Å². The Bertz CT molecular complexity index is 671. The molecule has 0 spiro atoms. The van der Waals surface area contributed by atoms with Gasteiger partial charge in [0, 0.05) is 6.54 Å². The molecule has 1 amide bonds. The third-order valence-electron chi connectivity index (χ3n) is 4.54. The van der Waals surface area contributed by atoms with Crippen LogP contribution in [0.2, 0.25) is 0 Å². The molecule has 1 N–H and O–H groups in total. The zero-order valence-electron chi connectivity index (χ0n) is 14.6. The van der Waals surface area contributed by atoms with Crippen LogP contribution in [0.25, 0.3) is 11.6 Å². The van der Waals surface area contributed by atoms with Gasteiger partial charge in [0.1, 0.15) is 5.76 Å². The van der Waals surface area contributed by atoms with Gasteiger partial charge in [-0.05, 0) is 62.7 Å². The lowest BCUT2D eigenvalue weighted by atomic mass is 10.0. The lowest BCUT2D eigenvalue weighted by Gasteiger charge is -2.26. The van der Waals surface area contributed by atoms with E-state index in [-0.39, 0.29) is 5.91 Å². The van der Waals surface area contributed by atoms with Gasteiger partial charge in [-0.1, -0.05) is 36.8 Å². The molecule has 0 saturated carbocycles. The molecule has 4 nitrogen and oxygen atoms in total. The van der Waals surface area contributed by atoms with Crippen molar-refractivity contribution in [3.05, 3.63) is 60.1 Å². The summed E-state index contributed by atoms with van der Waals surface area (Å²) in [5.41, 5.74) is 1.53. The third kappa shape index (κ3) is 5.33. The summed E-state index contributed by atoms with van der Waals surface area (Å²) in [5, 5.41) is 3.06. The molecule has 4 heteroatoms. The lowest BCUT2D eigenvalue weighted by Crippen LogP contribution is -2.33. The number of amides is 1. The molecule has 3 rings (SSSR count). The smallest absolute Gasteiger partial charge is 0.252 e. The molecule has 1 aliphatic heterocycles. The van der Waals surface area contributed by atoms with Crippen LogP contribution in [0.4, 0.5) is 0 Å². The van der Waals surface area contributed by atoms with E-state index in [4.69, 9.17) is 4.42 Å². The van der Waals surface area contributed by atoms with Crippen LogP contribution in [0.15, 0.2) is 53.1 Å². The third-order valence-corrected chi connectivity index (χ3v) is 4.54. The summed E-state index contributed by atoms with van der Waals surface area (Å²) in [7, 11) is 0. The van der Waals surface area contributed by atoms with Gasteiger partial charge in [0.15, 0.2) is 0 Å². The SMILES string of the molecule is O=C(NCCCN1CCCCC1)/C(=C/c1ccco1)c1ccccc1. The Morgan fingerprint density at radius 2 is 1.88 bits per heavy atom. The Morgan fingerprint density at radius 3 is 2.60 bits per heavy atom. The summed E-state index contributed by atoms with van der Waals surface area (Å²) in [6.07, 6.45) is 8.35. The Hall–Kier alpha value is -2.33. The summed E-state index contributed by atoms with van der Waals surface area (Å²) in [4.78, 5) is 15.2. The molecule has 132 valence electrons. The summed E-state index contributed by atoms with van der Waals surface area (Å²) in [6, 6.07) is 13.4. The molecule has 0 unspecified atom stereocenters. The summed E-state index contributed by atoms with van der Waals surface area (Å²) in [5.74, 6) is 0.628. The maximum absolute atomic E-state index is 12.7. The van der Waals surface area contributed by atoms with Gasteiger partial charge in [-0.15, -0.1) is 0 Å². The van der Waals surface area contributed by atoms with E-state index in [9.17, 15) is 4.79 Å². The fraction of sp³-hybridized carbons (Fsp3) is 0.381. The second-order valence-corrected chi connectivity index (χ2v) is 6.45. The van der Waals surface area contributed by atoms with Gasteiger partial charge in [0.25, 0.3) is 5.91 Å². The largest absolute Gasteiger partial charge is 0.465 e. The molecule has 25 heavy (non-hydrogen) atoms. The second-order valence-electron chi connectivity index (χ2n) is 6.45. The van der Waals surface area contributed by atoms with Gasteiger partial charge in [0.2, 0.25) is 0 Å². The molecular weight excluding hydrogens is 312 g/mol.